The molecule has 1 aromatic heterocycles. The van der Waals surface area contributed by atoms with Crippen molar-refractivity contribution in [1.29, 1.82) is 0 Å². The molecule has 0 bridgehead atoms. The number of anilines is 1. The van der Waals surface area contributed by atoms with E-state index in [0.717, 1.165) is 17.7 Å². The van der Waals surface area contributed by atoms with Crippen LogP contribution in [0.1, 0.15) is 11.1 Å². The number of nitrogen functional groups attached to an aromatic ring is 1. The Morgan fingerprint density at radius 3 is 2.33 bits per heavy atom. The largest absolute Gasteiger partial charge is 0.416 e. The number of benzene rings is 2. The highest BCUT2D eigenvalue weighted by Crippen LogP contribution is 2.34. The van der Waals surface area contributed by atoms with Crippen LogP contribution in [-0.4, -0.2) is 13.7 Å². The van der Waals surface area contributed by atoms with Crippen molar-refractivity contribution in [3.05, 3.63) is 71.9 Å². The van der Waals surface area contributed by atoms with Gasteiger partial charge in [-0.3, -0.25) is 0 Å². The molecule has 0 spiro atoms. The molecule has 0 fully saturated rings. The van der Waals surface area contributed by atoms with Crippen molar-refractivity contribution in [3.8, 4) is 22.3 Å². The molecule has 3 N–H and O–H groups in total. The van der Waals surface area contributed by atoms with Crippen molar-refractivity contribution in [2.75, 3.05) is 5.73 Å². The van der Waals surface area contributed by atoms with Gasteiger partial charge in [0.25, 0.3) is 0 Å². The standard InChI is InChI=1S/C19H15F3N2O2S/c20-19(21,22)16-3-1-2-14(8-16)17-9-15(10-24-18(17)23)13-6-4-12(5-7-13)11-27(25)26/h1-10H,11H2,(H2,23,24)(H,25,26). The monoisotopic (exact) mass is 392 g/mol. The molecule has 8 heteroatoms. The Morgan fingerprint density at radius 1 is 1.00 bits per heavy atom. The number of alkyl halides is 3. The molecule has 1 atom stereocenters. The van der Waals surface area contributed by atoms with Gasteiger partial charge in [-0.15, -0.1) is 0 Å². The van der Waals surface area contributed by atoms with E-state index in [9.17, 15) is 17.4 Å². The van der Waals surface area contributed by atoms with Gasteiger partial charge in [-0.2, -0.15) is 13.2 Å². The number of nitrogens with zero attached hydrogens (tertiary/aromatic N) is 1. The maximum Gasteiger partial charge on any atom is 0.416 e. The molecule has 2 aromatic carbocycles. The third-order valence-corrected chi connectivity index (χ3v) is 4.58. The third kappa shape index (κ3) is 4.53. The molecule has 140 valence electrons. The molecule has 27 heavy (non-hydrogen) atoms. The van der Waals surface area contributed by atoms with Gasteiger partial charge in [-0.1, -0.05) is 36.4 Å². The minimum atomic E-state index is -4.45. The summed E-state index contributed by atoms with van der Waals surface area (Å²) in [6, 6.07) is 13.5. The van der Waals surface area contributed by atoms with Crippen molar-refractivity contribution in [1.82, 2.24) is 4.98 Å². The van der Waals surface area contributed by atoms with Crippen molar-refractivity contribution in [2.24, 2.45) is 0 Å². The molecular formula is C19H15F3N2O2S. The molecule has 0 amide bonds. The summed E-state index contributed by atoms with van der Waals surface area (Å²) in [5, 5.41) is 0. The molecule has 0 radical (unpaired) electrons. The van der Waals surface area contributed by atoms with Crippen molar-refractivity contribution >= 4 is 16.9 Å². The van der Waals surface area contributed by atoms with Crippen molar-refractivity contribution < 1.29 is 21.9 Å². The maximum atomic E-state index is 13.0. The highest BCUT2D eigenvalue weighted by atomic mass is 32.2. The molecule has 3 aromatic rings. The molecule has 0 saturated heterocycles. The summed E-state index contributed by atoms with van der Waals surface area (Å²) < 4.78 is 58.7. The Hall–Kier alpha value is -2.71. The second-order valence-corrected chi connectivity index (χ2v) is 6.83. The summed E-state index contributed by atoms with van der Waals surface area (Å²) in [4.78, 5) is 4.10. The van der Waals surface area contributed by atoms with E-state index in [4.69, 9.17) is 10.3 Å². The van der Waals surface area contributed by atoms with Crippen LogP contribution in [-0.2, 0) is 23.0 Å². The maximum absolute atomic E-state index is 13.0. The average molecular weight is 392 g/mol. The zero-order valence-electron chi connectivity index (χ0n) is 13.9. The van der Waals surface area contributed by atoms with Gasteiger partial charge in [0.1, 0.15) is 5.82 Å². The van der Waals surface area contributed by atoms with E-state index in [1.165, 1.54) is 12.3 Å². The summed E-state index contributed by atoms with van der Waals surface area (Å²) >= 11 is -1.93. The lowest BCUT2D eigenvalue weighted by Crippen LogP contribution is -2.05. The van der Waals surface area contributed by atoms with Crippen LogP contribution < -0.4 is 5.73 Å². The quantitative estimate of drug-likeness (QED) is 0.629. The Balaban J connectivity index is 1.99. The predicted molar refractivity (Wildman–Crippen MR) is 99.0 cm³/mol. The number of aromatic nitrogens is 1. The van der Waals surface area contributed by atoms with Gasteiger partial charge in [-0.25, -0.2) is 9.19 Å². The highest BCUT2D eigenvalue weighted by molar-refractivity contribution is 7.78. The smallest absolute Gasteiger partial charge is 0.383 e. The van der Waals surface area contributed by atoms with E-state index in [1.807, 2.05) is 0 Å². The molecule has 1 heterocycles. The Kier molecular flexibility index (Phi) is 5.29. The number of pyridine rings is 1. The van der Waals surface area contributed by atoms with Gasteiger partial charge >= 0.3 is 6.18 Å². The van der Waals surface area contributed by atoms with Crippen LogP contribution in [0.4, 0.5) is 19.0 Å². The molecule has 0 saturated carbocycles. The predicted octanol–water partition coefficient (Wildman–Crippen LogP) is 4.74. The van der Waals surface area contributed by atoms with Gasteiger partial charge in [0, 0.05) is 17.3 Å². The van der Waals surface area contributed by atoms with Gasteiger partial charge < -0.3 is 10.3 Å². The summed E-state index contributed by atoms with van der Waals surface area (Å²) in [5.74, 6) is 0.154. The highest BCUT2D eigenvalue weighted by Gasteiger charge is 2.30. The van der Waals surface area contributed by atoms with E-state index < -0.39 is 22.8 Å². The van der Waals surface area contributed by atoms with E-state index in [1.54, 1.807) is 36.4 Å². The number of nitrogens with two attached hydrogens (primary N) is 1. The molecule has 4 nitrogen and oxygen atoms in total. The fourth-order valence-corrected chi connectivity index (χ4v) is 3.14. The normalized spacial score (nSPS) is 12.7. The molecule has 0 aliphatic rings. The molecule has 0 aliphatic carbocycles. The summed E-state index contributed by atoms with van der Waals surface area (Å²) in [6.45, 7) is 0. The van der Waals surface area contributed by atoms with Crippen molar-refractivity contribution in [3.63, 3.8) is 0 Å². The number of halogens is 3. The minimum absolute atomic E-state index is 0.0236. The lowest BCUT2D eigenvalue weighted by atomic mass is 9.99. The van der Waals surface area contributed by atoms with Crippen molar-refractivity contribution in [2.45, 2.75) is 11.9 Å². The van der Waals surface area contributed by atoms with Gasteiger partial charge in [-0.05, 0) is 34.9 Å². The van der Waals surface area contributed by atoms with Crippen LogP contribution in [0.15, 0.2) is 60.8 Å². The van der Waals surface area contributed by atoms with E-state index in [-0.39, 0.29) is 11.6 Å². The van der Waals surface area contributed by atoms with Crippen LogP contribution in [0.5, 0.6) is 0 Å². The van der Waals surface area contributed by atoms with Crippen LogP contribution in [0, 0.1) is 0 Å². The van der Waals surface area contributed by atoms with Crippen LogP contribution in [0.3, 0.4) is 0 Å². The zero-order valence-corrected chi connectivity index (χ0v) is 14.7. The number of rotatable bonds is 4. The van der Waals surface area contributed by atoms with Crippen LogP contribution in [0.2, 0.25) is 0 Å². The number of hydrogen-bond acceptors (Lipinski definition) is 3. The summed E-state index contributed by atoms with van der Waals surface area (Å²) in [7, 11) is 0. The Bertz CT molecular complexity index is 989. The van der Waals surface area contributed by atoms with Gasteiger partial charge in [0.2, 0.25) is 0 Å². The van der Waals surface area contributed by atoms with E-state index in [0.29, 0.717) is 22.3 Å². The fraction of sp³-hybridized carbons (Fsp3) is 0.105. The third-order valence-electron chi connectivity index (χ3n) is 4.00. The fourth-order valence-electron chi connectivity index (χ4n) is 2.66. The molecule has 0 aliphatic heterocycles. The second-order valence-electron chi connectivity index (χ2n) is 5.90. The van der Waals surface area contributed by atoms with E-state index in [2.05, 4.69) is 4.98 Å². The van der Waals surface area contributed by atoms with Crippen LogP contribution >= 0.6 is 0 Å². The molecular weight excluding hydrogens is 377 g/mol. The van der Waals surface area contributed by atoms with Gasteiger partial charge in [0.15, 0.2) is 11.1 Å². The molecule has 1 unspecified atom stereocenters. The first-order valence-electron chi connectivity index (χ1n) is 7.84. The SMILES string of the molecule is Nc1ncc(-c2ccc(CS(=O)O)cc2)cc1-c1cccc(C(F)(F)F)c1. The minimum Gasteiger partial charge on any atom is -0.383 e. The lowest BCUT2D eigenvalue weighted by Gasteiger charge is -2.12. The number of hydrogen-bond donors (Lipinski definition) is 2. The van der Waals surface area contributed by atoms with Gasteiger partial charge in [0.05, 0.1) is 11.3 Å². The first-order valence-corrected chi connectivity index (χ1v) is 9.11. The first kappa shape index (κ1) is 19.1. The average Bonchev–Trinajstić information content (AvgIpc) is 2.62. The van der Waals surface area contributed by atoms with E-state index >= 15 is 0 Å². The summed E-state index contributed by atoms with van der Waals surface area (Å²) in [6.07, 6.45) is -2.91. The topological polar surface area (TPSA) is 76.2 Å². The van der Waals surface area contributed by atoms with Crippen LogP contribution in [0.25, 0.3) is 22.3 Å². The Morgan fingerprint density at radius 2 is 1.70 bits per heavy atom. The Labute approximate surface area is 156 Å². The molecule has 3 rings (SSSR count). The first-order chi connectivity index (χ1) is 12.7. The lowest BCUT2D eigenvalue weighted by molar-refractivity contribution is -0.137. The summed E-state index contributed by atoms with van der Waals surface area (Å²) in [5.41, 5.74) is 7.99. The second kappa shape index (κ2) is 7.50. The zero-order chi connectivity index (χ0) is 19.6.